The van der Waals surface area contributed by atoms with Crippen LogP contribution < -0.4 is 9.64 Å². The van der Waals surface area contributed by atoms with Gasteiger partial charge in [-0.25, -0.2) is 4.90 Å². The molecule has 5 heteroatoms. The monoisotopic (exact) mass is 349 g/mol. The summed E-state index contributed by atoms with van der Waals surface area (Å²) in [6.07, 6.45) is 0. The minimum Gasteiger partial charge on any atom is -0.455 e. The predicted molar refractivity (Wildman–Crippen MR) is 95.6 cm³/mol. The van der Waals surface area contributed by atoms with E-state index in [4.69, 9.17) is 16.3 Å². The lowest BCUT2D eigenvalue weighted by Crippen LogP contribution is -2.29. The molecule has 3 aromatic carbocycles. The molecule has 122 valence electrons. The minimum atomic E-state index is -0.354. The number of halogens is 1. The molecule has 0 atom stereocenters. The summed E-state index contributed by atoms with van der Waals surface area (Å²) in [7, 11) is 0. The molecular weight excluding hydrogens is 338 g/mol. The van der Waals surface area contributed by atoms with E-state index in [2.05, 4.69) is 0 Å². The van der Waals surface area contributed by atoms with E-state index in [0.717, 1.165) is 4.90 Å². The van der Waals surface area contributed by atoms with Gasteiger partial charge in [-0.05, 0) is 48.5 Å². The van der Waals surface area contributed by atoms with Gasteiger partial charge in [-0.1, -0.05) is 35.9 Å². The van der Waals surface area contributed by atoms with Gasteiger partial charge in [-0.3, -0.25) is 9.59 Å². The fraction of sp³-hybridized carbons (Fsp3) is 0. The second-order valence-corrected chi connectivity index (χ2v) is 5.95. The van der Waals surface area contributed by atoms with E-state index in [1.54, 1.807) is 72.8 Å². The fourth-order valence-electron chi connectivity index (χ4n) is 2.77. The van der Waals surface area contributed by atoms with E-state index >= 15 is 0 Å². The van der Waals surface area contributed by atoms with Crippen LogP contribution in [0.3, 0.4) is 0 Å². The van der Waals surface area contributed by atoms with E-state index in [1.807, 2.05) is 0 Å². The molecule has 1 heterocycles. The van der Waals surface area contributed by atoms with Gasteiger partial charge >= 0.3 is 0 Å². The Hall–Kier alpha value is -3.11. The average molecular weight is 350 g/mol. The number of rotatable bonds is 3. The third-order valence-electron chi connectivity index (χ3n) is 3.94. The molecule has 4 rings (SSSR count). The number of carbonyl (C=O) groups excluding carboxylic acids is 2. The van der Waals surface area contributed by atoms with Gasteiger partial charge in [0, 0.05) is 5.02 Å². The van der Waals surface area contributed by atoms with Crippen molar-refractivity contribution in [3.63, 3.8) is 0 Å². The second-order valence-electron chi connectivity index (χ2n) is 5.52. The van der Waals surface area contributed by atoms with Gasteiger partial charge in [0.2, 0.25) is 0 Å². The third-order valence-corrected chi connectivity index (χ3v) is 4.19. The van der Waals surface area contributed by atoms with Crippen molar-refractivity contribution in [3.8, 4) is 11.5 Å². The van der Waals surface area contributed by atoms with Crippen molar-refractivity contribution in [2.24, 2.45) is 0 Å². The standard InChI is InChI=1S/C20H12ClNO3/c21-13-9-11-14(12-10-13)25-18-8-4-3-7-17(18)22-19(23)15-5-1-2-6-16(15)20(22)24/h1-12H. The van der Waals surface area contributed by atoms with E-state index in [0.29, 0.717) is 33.3 Å². The van der Waals surface area contributed by atoms with E-state index in [-0.39, 0.29) is 11.8 Å². The summed E-state index contributed by atoms with van der Waals surface area (Å²) in [6, 6.07) is 20.6. The summed E-state index contributed by atoms with van der Waals surface area (Å²) < 4.78 is 5.87. The second kappa shape index (κ2) is 6.07. The van der Waals surface area contributed by atoms with Crippen molar-refractivity contribution >= 4 is 29.1 Å². The summed E-state index contributed by atoms with van der Waals surface area (Å²) in [6.45, 7) is 0. The molecule has 0 saturated carbocycles. The van der Waals surface area contributed by atoms with E-state index in [9.17, 15) is 9.59 Å². The van der Waals surface area contributed by atoms with Crippen LogP contribution in [-0.2, 0) is 0 Å². The Kier molecular flexibility index (Phi) is 3.75. The van der Waals surface area contributed by atoms with Crippen molar-refractivity contribution in [1.82, 2.24) is 0 Å². The lowest BCUT2D eigenvalue weighted by atomic mass is 10.1. The summed E-state index contributed by atoms with van der Waals surface area (Å²) in [5.41, 5.74) is 1.20. The number of anilines is 1. The summed E-state index contributed by atoms with van der Waals surface area (Å²) in [4.78, 5) is 26.5. The number of hydrogen-bond acceptors (Lipinski definition) is 3. The smallest absolute Gasteiger partial charge is 0.266 e. The Balaban J connectivity index is 1.74. The molecule has 0 saturated heterocycles. The zero-order valence-electron chi connectivity index (χ0n) is 13.0. The van der Waals surface area contributed by atoms with Crippen molar-refractivity contribution in [3.05, 3.63) is 88.9 Å². The minimum absolute atomic E-state index is 0.354. The lowest BCUT2D eigenvalue weighted by molar-refractivity contribution is 0.0925. The molecule has 4 nitrogen and oxygen atoms in total. The van der Waals surface area contributed by atoms with Crippen molar-refractivity contribution in [2.75, 3.05) is 4.90 Å². The van der Waals surface area contributed by atoms with Gasteiger partial charge in [0.05, 0.1) is 16.8 Å². The van der Waals surface area contributed by atoms with Gasteiger partial charge in [-0.2, -0.15) is 0 Å². The molecule has 0 unspecified atom stereocenters. The molecule has 25 heavy (non-hydrogen) atoms. The van der Waals surface area contributed by atoms with Gasteiger partial charge in [0.15, 0.2) is 5.75 Å². The molecule has 0 bridgehead atoms. The first kappa shape index (κ1) is 15.4. The van der Waals surface area contributed by atoms with Gasteiger partial charge < -0.3 is 4.74 Å². The summed E-state index contributed by atoms with van der Waals surface area (Å²) in [5, 5.41) is 0.598. The molecule has 3 aromatic rings. The largest absolute Gasteiger partial charge is 0.455 e. The number of fused-ring (bicyclic) bond motifs is 1. The number of imide groups is 1. The first-order valence-electron chi connectivity index (χ1n) is 7.65. The van der Waals surface area contributed by atoms with Crippen LogP contribution in [0.2, 0.25) is 5.02 Å². The topological polar surface area (TPSA) is 46.6 Å². The average Bonchev–Trinajstić information content (AvgIpc) is 2.89. The Labute approximate surface area is 149 Å². The Morgan fingerprint density at radius 2 is 1.28 bits per heavy atom. The van der Waals surface area contributed by atoms with Gasteiger partial charge in [0.1, 0.15) is 5.75 Å². The molecule has 0 spiro atoms. The molecule has 1 aliphatic heterocycles. The number of benzene rings is 3. The summed E-state index contributed by atoms with van der Waals surface area (Å²) in [5.74, 6) is 0.272. The van der Waals surface area contributed by atoms with Gasteiger partial charge in [-0.15, -0.1) is 0 Å². The Morgan fingerprint density at radius 1 is 0.720 bits per heavy atom. The molecule has 0 N–H and O–H groups in total. The molecule has 1 aliphatic rings. The van der Waals surface area contributed by atoms with Crippen LogP contribution in [0.5, 0.6) is 11.5 Å². The first-order valence-corrected chi connectivity index (χ1v) is 8.03. The maximum Gasteiger partial charge on any atom is 0.266 e. The van der Waals surface area contributed by atoms with Crippen LogP contribution in [0.25, 0.3) is 0 Å². The number of nitrogens with zero attached hydrogens (tertiary/aromatic N) is 1. The van der Waals surface area contributed by atoms with Crippen molar-refractivity contribution in [2.45, 2.75) is 0 Å². The molecule has 0 aromatic heterocycles. The highest BCUT2D eigenvalue weighted by molar-refractivity contribution is 6.34. The molecular formula is C20H12ClNO3. The summed E-state index contributed by atoms with van der Waals surface area (Å²) >= 11 is 5.89. The van der Waals surface area contributed by atoms with Crippen LogP contribution in [0.1, 0.15) is 20.7 Å². The number of hydrogen-bond donors (Lipinski definition) is 0. The third kappa shape index (κ3) is 2.66. The van der Waals surface area contributed by atoms with Crippen LogP contribution >= 0.6 is 11.6 Å². The Bertz CT molecular complexity index is 947. The van der Waals surface area contributed by atoms with E-state index in [1.165, 1.54) is 0 Å². The maximum atomic E-state index is 12.7. The lowest BCUT2D eigenvalue weighted by Gasteiger charge is -2.18. The first-order chi connectivity index (χ1) is 12.1. The van der Waals surface area contributed by atoms with Crippen LogP contribution in [0.15, 0.2) is 72.8 Å². The fourth-order valence-corrected chi connectivity index (χ4v) is 2.89. The highest BCUT2D eigenvalue weighted by atomic mass is 35.5. The molecule has 0 fully saturated rings. The zero-order chi connectivity index (χ0) is 17.4. The number of amides is 2. The number of ether oxygens (including phenoxy) is 1. The SMILES string of the molecule is O=C1c2ccccc2C(=O)N1c1ccccc1Oc1ccc(Cl)cc1. The van der Waals surface area contributed by atoms with E-state index < -0.39 is 0 Å². The van der Waals surface area contributed by atoms with Gasteiger partial charge in [0.25, 0.3) is 11.8 Å². The highest BCUT2D eigenvalue weighted by Gasteiger charge is 2.37. The van der Waals surface area contributed by atoms with Crippen LogP contribution in [0, 0.1) is 0 Å². The highest BCUT2D eigenvalue weighted by Crippen LogP contribution is 2.37. The molecule has 0 radical (unpaired) electrons. The number of para-hydroxylation sites is 2. The Morgan fingerprint density at radius 3 is 1.92 bits per heavy atom. The molecule has 0 aliphatic carbocycles. The molecule has 2 amide bonds. The normalized spacial score (nSPS) is 13.1. The van der Waals surface area contributed by atoms with Crippen LogP contribution in [-0.4, -0.2) is 11.8 Å². The number of carbonyl (C=O) groups is 2. The zero-order valence-corrected chi connectivity index (χ0v) is 13.7. The van der Waals surface area contributed by atoms with Crippen LogP contribution in [0.4, 0.5) is 5.69 Å². The predicted octanol–water partition coefficient (Wildman–Crippen LogP) is 4.93. The maximum absolute atomic E-state index is 12.7. The quantitative estimate of drug-likeness (QED) is 0.630. The van der Waals surface area contributed by atoms with Crippen molar-refractivity contribution in [1.29, 1.82) is 0 Å². The van der Waals surface area contributed by atoms with Crippen molar-refractivity contribution < 1.29 is 14.3 Å².